The SMILES string of the molecule is COc1ccc(C)cc1Nc1ccc(C(=O)Nc2ccc(F)c(F)c2F)cn1. The summed E-state index contributed by atoms with van der Waals surface area (Å²) in [6, 6.07) is 10.3. The van der Waals surface area contributed by atoms with Gasteiger partial charge in [-0.25, -0.2) is 18.2 Å². The Morgan fingerprint density at radius 3 is 2.46 bits per heavy atom. The maximum Gasteiger partial charge on any atom is 0.257 e. The van der Waals surface area contributed by atoms with Gasteiger partial charge in [0.1, 0.15) is 11.6 Å². The molecule has 0 spiro atoms. The minimum atomic E-state index is -1.65. The molecule has 0 aliphatic heterocycles. The van der Waals surface area contributed by atoms with E-state index in [0.717, 1.165) is 17.7 Å². The quantitative estimate of drug-likeness (QED) is 0.617. The summed E-state index contributed by atoms with van der Waals surface area (Å²) in [5.74, 6) is -4.08. The van der Waals surface area contributed by atoms with E-state index in [1.165, 1.54) is 12.3 Å². The van der Waals surface area contributed by atoms with Gasteiger partial charge in [-0.3, -0.25) is 4.79 Å². The van der Waals surface area contributed by atoms with Gasteiger partial charge in [-0.15, -0.1) is 0 Å². The molecule has 144 valence electrons. The topological polar surface area (TPSA) is 63.2 Å². The van der Waals surface area contributed by atoms with E-state index in [4.69, 9.17) is 4.74 Å². The van der Waals surface area contributed by atoms with Crippen molar-refractivity contribution >= 4 is 23.1 Å². The lowest BCUT2D eigenvalue weighted by Gasteiger charge is -2.12. The minimum absolute atomic E-state index is 0.117. The highest BCUT2D eigenvalue weighted by Crippen LogP contribution is 2.28. The Balaban J connectivity index is 1.75. The number of aryl methyl sites for hydroxylation is 1. The highest BCUT2D eigenvalue weighted by molar-refractivity contribution is 6.04. The number of ether oxygens (including phenoxy) is 1. The Labute approximate surface area is 159 Å². The molecule has 0 saturated heterocycles. The van der Waals surface area contributed by atoms with Crippen LogP contribution in [0.15, 0.2) is 48.7 Å². The molecule has 0 fully saturated rings. The van der Waals surface area contributed by atoms with Crippen LogP contribution in [0, 0.1) is 24.4 Å². The first-order valence-electron chi connectivity index (χ1n) is 8.21. The molecule has 1 aromatic heterocycles. The highest BCUT2D eigenvalue weighted by Gasteiger charge is 2.16. The fourth-order valence-electron chi connectivity index (χ4n) is 2.48. The van der Waals surface area contributed by atoms with Crippen molar-refractivity contribution in [3.8, 4) is 5.75 Å². The van der Waals surface area contributed by atoms with Crippen LogP contribution in [0.3, 0.4) is 0 Å². The normalized spacial score (nSPS) is 10.5. The summed E-state index contributed by atoms with van der Waals surface area (Å²) in [7, 11) is 1.55. The van der Waals surface area contributed by atoms with Gasteiger partial charge in [0, 0.05) is 6.20 Å². The van der Waals surface area contributed by atoms with Crippen molar-refractivity contribution in [2.45, 2.75) is 6.92 Å². The van der Waals surface area contributed by atoms with Crippen LogP contribution in [-0.2, 0) is 0 Å². The van der Waals surface area contributed by atoms with E-state index in [2.05, 4.69) is 15.6 Å². The van der Waals surface area contributed by atoms with Crippen LogP contribution in [0.5, 0.6) is 5.75 Å². The molecule has 0 bridgehead atoms. The molecule has 0 atom stereocenters. The Hall–Kier alpha value is -3.55. The summed E-state index contributed by atoms with van der Waals surface area (Å²) in [4.78, 5) is 16.3. The number of carbonyl (C=O) groups is 1. The van der Waals surface area contributed by atoms with Crippen LogP contribution >= 0.6 is 0 Å². The summed E-state index contributed by atoms with van der Waals surface area (Å²) in [5, 5.41) is 5.27. The first-order chi connectivity index (χ1) is 13.4. The van der Waals surface area contributed by atoms with Gasteiger partial charge in [-0.05, 0) is 48.9 Å². The molecule has 2 N–H and O–H groups in total. The molecule has 3 rings (SSSR count). The minimum Gasteiger partial charge on any atom is -0.495 e. The molecule has 8 heteroatoms. The highest BCUT2D eigenvalue weighted by atomic mass is 19.2. The smallest absolute Gasteiger partial charge is 0.257 e. The Morgan fingerprint density at radius 1 is 1.00 bits per heavy atom. The molecule has 0 saturated carbocycles. The van der Waals surface area contributed by atoms with Gasteiger partial charge in [0.2, 0.25) is 0 Å². The number of nitrogens with zero attached hydrogens (tertiary/aromatic N) is 1. The third kappa shape index (κ3) is 4.06. The second kappa shape index (κ2) is 7.99. The number of rotatable bonds is 5. The summed E-state index contributed by atoms with van der Waals surface area (Å²) < 4.78 is 45.2. The third-order valence-electron chi connectivity index (χ3n) is 3.93. The second-order valence-electron chi connectivity index (χ2n) is 5.94. The van der Waals surface area contributed by atoms with E-state index in [0.29, 0.717) is 17.3 Å². The number of nitrogens with one attached hydrogen (secondary N) is 2. The fourth-order valence-corrected chi connectivity index (χ4v) is 2.48. The number of halogens is 3. The van der Waals surface area contributed by atoms with Crippen LogP contribution in [-0.4, -0.2) is 18.0 Å². The van der Waals surface area contributed by atoms with Crippen molar-refractivity contribution in [2.24, 2.45) is 0 Å². The number of methoxy groups -OCH3 is 1. The number of benzene rings is 2. The Bertz CT molecular complexity index is 1020. The van der Waals surface area contributed by atoms with E-state index < -0.39 is 29.0 Å². The predicted molar refractivity (Wildman–Crippen MR) is 99.5 cm³/mol. The number of carbonyl (C=O) groups excluding carboxylic acids is 1. The lowest BCUT2D eigenvalue weighted by Crippen LogP contribution is -2.14. The summed E-state index contributed by atoms with van der Waals surface area (Å²) >= 11 is 0. The summed E-state index contributed by atoms with van der Waals surface area (Å²) in [6.45, 7) is 1.93. The number of pyridine rings is 1. The number of amides is 1. The number of hydrogen-bond donors (Lipinski definition) is 2. The van der Waals surface area contributed by atoms with Crippen LogP contribution in [0.1, 0.15) is 15.9 Å². The van der Waals surface area contributed by atoms with Crippen LogP contribution in [0.4, 0.5) is 30.4 Å². The molecule has 0 aliphatic rings. The van der Waals surface area contributed by atoms with E-state index in [1.807, 2.05) is 25.1 Å². The zero-order valence-electron chi connectivity index (χ0n) is 15.0. The average Bonchev–Trinajstić information content (AvgIpc) is 2.69. The van der Waals surface area contributed by atoms with Gasteiger partial charge < -0.3 is 15.4 Å². The van der Waals surface area contributed by atoms with Crippen LogP contribution in [0.25, 0.3) is 0 Å². The molecule has 0 aliphatic carbocycles. The van der Waals surface area contributed by atoms with Gasteiger partial charge >= 0.3 is 0 Å². The monoisotopic (exact) mass is 387 g/mol. The summed E-state index contributed by atoms with van der Waals surface area (Å²) in [6.07, 6.45) is 1.28. The van der Waals surface area contributed by atoms with E-state index in [-0.39, 0.29) is 5.56 Å². The molecule has 0 radical (unpaired) electrons. The average molecular weight is 387 g/mol. The first-order valence-corrected chi connectivity index (χ1v) is 8.21. The largest absolute Gasteiger partial charge is 0.495 e. The van der Waals surface area contributed by atoms with Crippen molar-refractivity contribution in [3.05, 3.63) is 77.2 Å². The standard InChI is InChI=1S/C20H16F3N3O2/c1-11-3-7-16(28-2)15(9-11)25-17-8-4-12(10-24-17)20(27)26-14-6-5-13(21)18(22)19(14)23/h3-10H,1-2H3,(H,24,25)(H,26,27). The molecule has 1 amide bonds. The van der Waals surface area contributed by atoms with Crippen molar-refractivity contribution in [1.29, 1.82) is 0 Å². The molecule has 2 aromatic carbocycles. The van der Waals surface area contributed by atoms with Crippen LogP contribution < -0.4 is 15.4 Å². The maximum atomic E-state index is 13.7. The third-order valence-corrected chi connectivity index (χ3v) is 3.93. The molecule has 0 unspecified atom stereocenters. The lowest BCUT2D eigenvalue weighted by molar-refractivity contribution is 0.102. The number of aromatic nitrogens is 1. The zero-order valence-corrected chi connectivity index (χ0v) is 15.0. The van der Waals surface area contributed by atoms with Crippen molar-refractivity contribution < 1.29 is 22.7 Å². The van der Waals surface area contributed by atoms with Crippen molar-refractivity contribution in [2.75, 3.05) is 17.7 Å². The van der Waals surface area contributed by atoms with Gasteiger partial charge in [-0.1, -0.05) is 6.07 Å². The van der Waals surface area contributed by atoms with E-state index in [1.54, 1.807) is 13.2 Å². The van der Waals surface area contributed by atoms with Gasteiger partial charge in [-0.2, -0.15) is 0 Å². The first kappa shape index (κ1) is 19.2. The number of hydrogen-bond acceptors (Lipinski definition) is 4. The fraction of sp³-hybridized carbons (Fsp3) is 0.100. The van der Waals surface area contributed by atoms with E-state index in [9.17, 15) is 18.0 Å². The van der Waals surface area contributed by atoms with Crippen molar-refractivity contribution in [3.63, 3.8) is 0 Å². The molecule has 28 heavy (non-hydrogen) atoms. The maximum absolute atomic E-state index is 13.7. The van der Waals surface area contributed by atoms with Gasteiger partial charge in [0.15, 0.2) is 17.5 Å². The molecular weight excluding hydrogens is 371 g/mol. The Kier molecular flexibility index (Phi) is 5.49. The van der Waals surface area contributed by atoms with Crippen LogP contribution in [0.2, 0.25) is 0 Å². The summed E-state index contributed by atoms with van der Waals surface area (Å²) in [5.41, 5.74) is 1.38. The predicted octanol–water partition coefficient (Wildman–Crippen LogP) is 4.81. The lowest BCUT2D eigenvalue weighted by atomic mass is 10.2. The zero-order chi connectivity index (χ0) is 20.3. The number of anilines is 3. The second-order valence-corrected chi connectivity index (χ2v) is 5.94. The van der Waals surface area contributed by atoms with Gasteiger partial charge in [0.05, 0.1) is 24.0 Å². The molecule has 5 nitrogen and oxygen atoms in total. The Morgan fingerprint density at radius 2 is 1.79 bits per heavy atom. The molecule has 3 aromatic rings. The van der Waals surface area contributed by atoms with Crippen molar-refractivity contribution in [1.82, 2.24) is 4.98 Å². The molecule has 1 heterocycles. The molecular formula is C20H16F3N3O2. The van der Waals surface area contributed by atoms with Gasteiger partial charge in [0.25, 0.3) is 5.91 Å². The van der Waals surface area contributed by atoms with E-state index >= 15 is 0 Å².